The maximum absolute atomic E-state index is 5.76. The van der Waals surface area contributed by atoms with Crippen molar-refractivity contribution in [1.29, 1.82) is 0 Å². The molecule has 106 valence electrons. The zero-order chi connectivity index (χ0) is 14.1. The largest absolute Gasteiger partial charge is 0.490 e. The number of benzene rings is 1. The Bertz CT molecular complexity index is 620. The van der Waals surface area contributed by atoms with E-state index in [1.165, 1.54) is 5.56 Å². The second-order valence-corrected chi connectivity index (χ2v) is 5.30. The van der Waals surface area contributed by atoms with Gasteiger partial charge >= 0.3 is 0 Å². The standard InChI is InChI=1S/C15H19N3O2/c1-9(2)10-6-13-14(20-5-3-4-19-13)7-11(10)12-8-15(16)18-17-12/h6-9H,3-5H2,1-2H3,(H3,16,17,18). The summed E-state index contributed by atoms with van der Waals surface area (Å²) >= 11 is 0. The van der Waals surface area contributed by atoms with E-state index in [2.05, 4.69) is 30.1 Å². The van der Waals surface area contributed by atoms with Crippen molar-refractivity contribution < 1.29 is 9.47 Å². The van der Waals surface area contributed by atoms with E-state index in [9.17, 15) is 0 Å². The minimum atomic E-state index is 0.367. The predicted molar refractivity (Wildman–Crippen MR) is 78.1 cm³/mol. The minimum absolute atomic E-state index is 0.367. The van der Waals surface area contributed by atoms with Crippen molar-refractivity contribution in [2.75, 3.05) is 18.9 Å². The summed E-state index contributed by atoms with van der Waals surface area (Å²) in [7, 11) is 0. The van der Waals surface area contributed by atoms with Crippen LogP contribution in [0.4, 0.5) is 5.82 Å². The van der Waals surface area contributed by atoms with Crippen LogP contribution in [0, 0.1) is 0 Å². The van der Waals surface area contributed by atoms with Crippen LogP contribution in [0.15, 0.2) is 18.2 Å². The van der Waals surface area contributed by atoms with E-state index < -0.39 is 0 Å². The molecule has 0 unspecified atom stereocenters. The van der Waals surface area contributed by atoms with Crippen LogP contribution >= 0.6 is 0 Å². The average molecular weight is 273 g/mol. The summed E-state index contributed by atoms with van der Waals surface area (Å²) in [5.74, 6) is 2.46. The van der Waals surface area contributed by atoms with E-state index in [-0.39, 0.29) is 0 Å². The molecule has 0 aliphatic carbocycles. The number of nitrogen functional groups attached to an aromatic ring is 1. The second-order valence-electron chi connectivity index (χ2n) is 5.30. The summed E-state index contributed by atoms with van der Waals surface area (Å²) in [5, 5.41) is 6.97. The molecule has 1 aromatic heterocycles. The highest BCUT2D eigenvalue weighted by molar-refractivity contribution is 5.70. The molecule has 5 heteroatoms. The van der Waals surface area contributed by atoms with Crippen LogP contribution in [0.5, 0.6) is 11.5 Å². The van der Waals surface area contributed by atoms with Crippen LogP contribution in [0.3, 0.4) is 0 Å². The number of aromatic nitrogens is 2. The lowest BCUT2D eigenvalue weighted by Gasteiger charge is -2.16. The molecule has 0 saturated heterocycles. The zero-order valence-electron chi connectivity index (χ0n) is 11.8. The van der Waals surface area contributed by atoms with Gasteiger partial charge in [-0.3, -0.25) is 5.10 Å². The molecule has 1 aromatic carbocycles. The van der Waals surface area contributed by atoms with Gasteiger partial charge in [0, 0.05) is 18.1 Å². The van der Waals surface area contributed by atoms with Crippen LogP contribution in [-0.2, 0) is 0 Å². The van der Waals surface area contributed by atoms with Crippen LogP contribution < -0.4 is 15.2 Å². The molecule has 0 radical (unpaired) electrons. The number of fused-ring (bicyclic) bond motifs is 1. The summed E-state index contributed by atoms with van der Waals surface area (Å²) in [6.45, 7) is 5.69. The van der Waals surface area contributed by atoms with E-state index in [4.69, 9.17) is 15.2 Å². The molecule has 0 amide bonds. The van der Waals surface area contributed by atoms with Gasteiger partial charge in [-0.1, -0.05) is 13.8 Å². The number of nitrogens with zero attached hydrogens (tertiary/aromatic N) is 1. The molecule has 0 saturated carbocycles. The number of hydrogen-bond acceptors (Lipinski definition) is 4. The Kier molecular flexibility index (Phi) is 3.26. The molecule has 3 rings (SSSR count). The normalized spacial score (nSPS) is 14.3. The van der Waals surface area contributed by atoms with E-state index >= 15 is 0 Å². The monoisotopic (exact) mass is 273 g/mol. The van der Waals surface area contributed by atoms with E-state index in [0.717, 1.165) is 29.2 Å². The number of ether oxygens (including phenoxy) is 2. The average Bonchev–Trinajstić information content (AvgIpc) is 2.72. The number of anilines is 1. The molecule has 0 bridgehead atoms. The summed E-state index contributed by atoms with van der Waals surface area (Å²) in [5.41, 5.74) is 8.87. The lowest BCUT2D eigenvalue weighted by atomic mass is 9.94. The van der Waals surface area contributed by atoms with Crippen LogP contribution in [0.25, 0.3) is 11.3 Å². The highest BCUT2D eigenvalue weighted by atomic mass is 16.5. The number of nitrogens with one attached hydrogen (secondary N) is 1. The smallest absolute Gasteiger partial charge is 0.161 e. The van der Waals surface area contributed by atoms with E-state index in [1.807, 2.05) is 12.1 Å². The quantitative estimate of drug-likeness (QED) is 0.882. The molecular formula is C15H19N3O2. The summed E-state index contributed by atoms with van der Waals surface area (Å²) in [6, 6.07) is 5.92. The van der Waals surface area contributed by atoms with Gasteiger partial charge in [0.2, 0.25) is 0 Å². The molecular weight excluding hydrogens is 254 g/mol. The summed E-state index contributed by atoms with van der Waals surface area (Å²) in [6.07, 6.45) is 0.901. The molecule has 20 heavy (non-hydrogen) atoms. The first-order chi connectivity index (χ1) is 9.65. The topological polar surface area (TPSA) is 73.2 Å². The SMILES string of the molecule is CC(C)c1cc2c(cc1-c1cc(N)n[nH]1)OCCCO2. The van der Waals surface area contributed by atoms with Gasteiger partial charge in [0.15, 0.2) is 11.5 Å². The summed E-state index contributed by atoms with van der Waals surface area (Å²) in [4.78, 5) is 0. The van der Waals surface area contributed by atoms with Gasteiger partial charge < -0.3 is 15.2 Å². The van der Waals surface area contributed by atoms with Crippen molar-refractivity contribution in [3.05, 3.63) is 23.8 Å². The Balaban J connectivity index is 2.14. The Labute approximate surface area is 118 Å². The van der Waals surface area contributed by atoms with Gasteiger partial charge in [-0.25, -0.2) is 0 Å². The maximum Gasteiger partial charge on any atom is 0.161 e. The highest BCUT2D eigenvalue weighted by Crippen LogP contribution is 2.39. The van der Waals surface area contributed by atoms with Gasteiger partial charge in [0.25, 0.3) is 0 Å². The third-order valence-electron chi connectivity index (χ3n) is 3.43. The van der Waals surface area contributed by atoms with Gasteiger partial charge in [0.05, 0.1) is 18.9 Å². The lowest BCUT2D eigenvalue weighted by molar-refractivity contribution is 0.297. The number of hydrogen-bond donors (Lipinski definition) is 2. The molecule has 2 aromatic rings. The van der Waals surface area contributed by atoms with Crippen molar-refractivity contribution in [3.8, 4) is 22.8 Å². The second kappa shape index (κ2) is 5.07. The first-order valence-electron chi connectivity index (χ1n) is 6.90. The van der Waals surface area contributed by atoms with E-state index in [1.54, 1.807) is 0 Å². The van der Waals surface area contributed by atoms with Crippen molar-refractivity contribution in [2.45, 2.75) is 26.2 Å². The Morgan fingerprint density at radius 1 is 1.15 bits per heavy atom. The third-order valence-corrected chi connectivity index (χ3v) is 3.43. The number of nitrogens with two attached hydrogens (primary N) is 1. The number of aromatic amines is 1. The van der Waals surface area contributed by atoms with Crippen LogP contribution in [0.2, 0.25) is 0 Å². The first kappa shape index (κ1) is 12.8. The van der Waals surface area contributed by atoms with Gasteiger partial charge in [-0.05, 0) is 23.6 Å². The fourth-order valence-corrected chi connectivity index (χ4v) is 2.41. The van der Waals surface area contributed by atoms with Crippen molar-refractivity contribution in [2.24, 2.45) is 0 Å². The molecule has 1 aliphatic heterocycles. The van der Waals surface area contributed by atoms with Crippen molar-refractivity contribution in [3.63, 3.8) is 0 Å². The molecule has 0 atom stereocenters. The zero-order valence-corrected chi connectivity index (χ0v) is 11.8. The van der Waals surface area contributed by atoms with Gasteiger partial charge in [0.1, 0.15) is 5.82 Å². The molecule has 3 N–H and O–H groups in total. The van der Waals surface area contributed by atoms with Crippen molar-refractivity contribution >= 4 is 5.82 Å². The molecule has 0 spiro atoms. The van der Waals surface area contributed by atoms with Gasteiger partial charge in [-0.2, -0.15) is 5.10 Å². The number of H-pyrrole nitrogens is 1. The highest BCUT2D eigenvalue weighted by Gasteiger charge is 2.18. The Morgan fingerprint density at radius 3 is 2.45 bits per heavy atom. The third kappa shape index (κ3) is 2.31. The predicted octanol–water partition coefficient (Wildman–Crippen LogP) is 2.94. The number of rotatable bonds is 2. The Morgan fingerprint density at radius 2 is 1.85 bits per heavy atom. The fraction of sp³-hybridized carbons (Fsp3) is 0.400. The van der Waals surface area contributed by atoms with E-state index in [0.29, 0.717) is 24.9 Å². The minimum Gasteiger partial charge on any atom is -0.490 e. The van der Waals surface area contributed by atoms with Crippen molar-refractivity contribution in [1.82, 2.24) is 10.2 Å². The van der Waals surface area contributed by atoms with Gasteiger partial charge in [-0.15, -0.1) is 0 Å². The molecule has 5 nitrogen and oxygen atoms in total. The van der Waals surface area contributed by atoms with Crippen LogP contribution in [-0.4, -0.2) is 23.4 Å². The van der Waals surface area contributed by atoms with Crippen LogP contribution in [0.1, 0.15) is 31.7 Å². The molecule has 2 heterocycles. The lowest BCUT2D eigenvalue weighted by Crippen LogP contribution is -1.98. The molecule has 0 fully saturated rings. The fourth-order valence-electron chi connectivity index (χ4n) is 2.41. The summed E-state index contributed by atoms with van der Waals surface area (Å²) < 4.78 is 11.5. The Hall–Kier alpha value is -2.17. The molecule has 1 aliphatic rings. The first-order valence-corrected chi connectivity index (χ1v) is 6.90. The maximum atomic E-state index is 5.76.